The molecule has 7 heteroatoms. The van der Waals surface area contributed by atoms with Crippen molar-refractivity contribution < 1.29 is 12.8 Å². The fraction of sp³-hybridized carbons (Fsp3) is 0.333. The summed E-state index contributed by atoms with van der Waals surface area (Å²) in [6, 6.07) is 9.06. The zero-order valence-electron chi connectivity index (χ0n) is 10.5. The lowest BCUT2D eigenvalue weighted by atomic mass is 10.1. The highest BCUT2D eigenvalue weighted by molar-refractivity contribution is 7.91. The summed E-state index contributed by atoms with van der Waals surface area (Å²) in [5, 5.41) is 6.88. The molecule has 0 unspecified atom stereocenters. The summed E-state index contributed by atoms with van der Waals surface area (Å²) in [6.07, 6.45) is 0.509. The zero-order valence-corrected chi connectivity index (χ0v) is 11.3. The molecule has 1 atom stereocenters. The first kappa shape index (κ1) is 13.7. The summed E-state index contributed by atoms with van der Waals surface area (Å²) in [5.41, 5.74) is 6.96. The standard InChI is InChI=1S/C12H15N3O3S/c1-2-19(16,17)12-15-14-11(18-12)10(13)8-9-6-4-3-5-7-9/h3-7,10H,2,8,13H2,1H3/t10-/m0/s1. The Morgan fingerprint density at radius 3 is 2.58 bits per heavy atom. The minimum absolute atomic E-state index is 0.0808. The summed E-state index contributed by atoms with van der Waals surface area (Å²) < 4.78 is 28.3. The number of hydrogen-bond acceptors (Lipinski definition) is 6. The van der Waals surface area contributed by atoms with Crippen molar-refractivity contribution in [3.8, 4) is 0 Å². The van der Waals surface area contributed by atoms with Crippen LogP contribution in [0.2, 0.25) is 0 Å². The number of rotatable bonds is 5. The first-order chi connectivity index (χ1) is 9.03. The maximum atomic E-state index is 11.6. The molecule has 0 spiro atoms. The predicted octanol–water partition coefficient (Wildman–Crippen LogP) is 1.11. The van der Waals surface area contributed by atoms with E-state index in [0.29, 0.717) is 6.42 Å². The van der Waals surface area contributed by atoms with Crippen molar-refractivity contribution in [1.82, 2.24) is 10.2 Å². The summed E-state index contributed by atoms with van der Waals surface area (Å²) >= 11 is 0. The smallest absolute Gasteiger partial charge is 0.335 e. The largest absolute Gasteiger partial charge is 0.411 e. The molecular formula is C12H15N3O3S. The Bertz CT molecular complexity index is 637. The van der Waals surface area contributed by atoms with Crippen LogP contribution >= 0.6 is 0 Å². The van der Waals surface area contributed by atoms with Gasteiger partial charge in [-0.05, 0) is 12.0 Å². The summed E-state index contributed by atoms with van der Waals surface area (Å²) in [6.45, 7) is 1.52. The van der Waals surface area contributed by atoms with Crippen LogP contribution in [0.15, 0.2) is 40.0 Å². The molecule has 0 saturated carbocycles. The van der Waals surface area contributed by atoms with E-state index in [0.717, 1.165) is 5.56 Å². The van der Waals surface area contributed by atoms with Crippen molar-refractivity contribution in [2.24, 2.45) is 5.73 Å². The van der Waals surface area contributed by atoms with Crippen LogP contribution in [0.5, 0.6) is 0 Å². The molecule has 2 aromatic rings. The molecule has 0 aliphatic heterocycles. The van der Waals surface area contributed by atoms with Gasteiger partial charge in [0.05, 0.1) is 11.8 Å². The van der Waals surface area contributed by atoms with E-state index < -0.39 is 15.9 Å². The van der Waals surface area contributed by atoms with E-state index in [2.05, 4.69) is 10.2 Å². The zero-order chi connectivity index (χ0) is 13.9. The third-order valence-electron chi connectivity index (χ3n) is 2.68. The van der Waals surface area contributed by atoms with E-state index in [1.165, 1.54) is 6.92 Å². The topological polar surface area (TPSA) is 99.1 Å². The maximum absolute atomic E-state index is 11.6. The second kappa shape index (κ2) is 5.50. The quantitative estimate of drug-likeness (QED) is 0.881. The van der Waals surface area contributed by atoms with Gasteiger partial charge in [-0.25, -0.2) is 8.42 Å². The highest BCUT2D eigenvalue weighted by atomic mass is 32.2. The number of hydrogen-bond donors (Lipinski definition) is 1. The van der Waals surface area contributed by atoms with Crippen LogP contribution in [0.25, 0.3) is 0 Å². The van der Waals surface area contributed by atoms with Gasteiger partial charge >= 0.3 is 5.22 Å². The van der Waals surface area contributed by atoms with Gasteiger partial charge in [0.25, 0.3) is 0 Å². The monoisotopic (exact) mass is 281 g/mol. The van der Waals surface area contributed by atoms with Crippen LogP contribution < -0.4 is 5.73 Å². The highest BCUT2D eigenvalue weighted by Crippen LogP contribution is 2.17. The molecule has 0 aliphatic carbocycles. The molecule has 6 nitrogen and oxygen atoms in total. The first-order valence-electron chi connectivity index (χ1n) is 5.88. The van der Waals surface area contributed by atoms with Gasteiger partial charge in [0.15, 0.2) is 0 Å². The molecule has 0 amide bonds. The molecule has 0 saturated heterocycles. The van der Waals surface area contributed by atoms with Crippen molar-refractivity contribution >= 4 is 9.84 Å². The van der Waals surface area contributed by atoms with Gasteiger partial charge in [-0.2, -0.15) is 0 Å². The van der Waals surface area contributed by atoms with Gasteiger partial charge in [-0.3, -0.25) is 0 Å². The number of aromatic nitrogens is 2. The molecule has 0 radical (unpaired) electrons. The van der Waals surface area contributed by atoms with Gasteiger partial charge in [0.2, 0.25) is 15.7 Å². The molecule has 102 valence electrons. The average Bonchev–Trinajstić information content (AvgIpc) is 2.90. The molecular weight excluding hydrogens is 266 g/mol. The lowest BCUT2D eigenvalue weighted by molar-refractivity contribution is 0.373. The minimum Gasteiger partial charge on any atom is -0.411 e. The Morgan fingerprint density at radius 1 is 1.26 bits per heavy atom. The Labute approximate surface area is 111 Å². The minimum atomic E-state index is -3.48. The molecule has 0 aliphatic rings. The van der Waals surface area contributed by atoms with Gasteiger partial charge in [0.1, 0.15) is 0 Å². The number of nitrogens with two attached hydrogens (primary N) is 1. The molecule has 2 rings (SSSR count). The molecule has 1 heterocycles. The molecule has 1 aromatic carbocycles. The normalized spacial score (nSPS) is 13.4. The van der Waals surface area contributed by atoms with Crippen molar-refractivity contribution in [3.05, 3.63) is 41.8 Å². The molecule has 1 aromatic heterocycles. The summed E-state index contributed by atoms with van der Waals surface area (Å²) in [4.78, 5) is 0. The fourth-order valence-electron chi connectivity index (χ4n) is 1.57. The van der Waals surface area contributed by atoms with Crippen LogP contribution in [0.1, 0.15) is 24.4 Å². The lowest BCUT2D eigenvalue weighted by Gasteiger charge is -2.06. The Hall–Kier alpha value is -1.73. The summed E-state index contributed by atoms with van der Waals surface area (Å²) in [7, 11) is -3.48. The third kappa shape index (κ3) is 3.18. The second-order valence-electron chi connectivity index (χ2n) is 4.11. The Kier molecular flexibility index (Phi) is 3.96. The predicted molar refractivity (Wildman–Crippen MR) is 69.1 cm³/mol. The van der Waals surface area contributed by atoms with Crippen LogP contribution in [0.4, 0.5) is 0 Å². The van der Waals surface area contributed by atoms with Gasteiger partial charge in [0, 0.05) is 0 Å². The first-order valence-corrected chi connectivity index (χ1v) is 7.54. The van der Waals surface area contributed by atoms with Gasteiger partial charge in [-0.15, -0.1) is 5.10 Å². The highest BCUT2D eigenvalue weighted by Gasteiger charge is 2.22. The Balaban J connectivity index is 2.15. The SMILES string of the molecule is CCS(=O)(=O)c1nnc([C@@H](N)Cc2ccccc2)o1. The van der Waals surface area contributed by atoms with Crippen LogP contribution in [0.3, 0.4) is 0 Å². The number of nitrogens with zero attached hydrogens (tertiary/aromatic N) is 2. The van der Waals surface area contributed by atoms with Crippen LogP contribution in [-0.4, -0.2) is 24.4 Å². The van der Waals surface area contributed by atoms with Crippen molar-refractivity contribution in [1.29, 1.82) is 0 Å². The van der Waals surface area contributed by atoms with E-state index in [9.17, 15) is 8.42 Å². The van der Waals surface area contributed by atoms with Crippen molar-refractivity contribution in [2.75, 3.05) is 5.75 Å². The van der Waals surface area contributed by atoms with E-state index in [1.54, 1.807) is 0 Å². The van der Waals surface area contributed by atoms with E-state index >= 15 is 0 Å². The molecule has 19 heavy (non-hydrogen) atoms. The second-order valence-corrected chi connectivity index (χ2v) is 6.26. The average molecular weight is 281 g/mol. The molecule has 0 bridgehead atoms. The number of benzene rings is 1. The van der Waals surface area contributed by atoms with E-state index in [1.807, 2.05) is 30.3 Å². The van der Waals surface area contributed by atoms with Gasteiger partial charge in [-0.1, -0.05) is 42.4 Å². The lowest BCUT2D eigenvalue weighted by Crippen LogP contribution is -2.13. The van der Waals surface area contributed by atoms with Crippen molar-refractivity contribution in [3.63, 3.8) is 0 Å². The van der Waals surface area contributed by atoms with E-state index in [-0.39, 0.29) is 16.9 Å². The summed E-state index contributed by atoms with van der Waals surface area (Å²) in [5.74, 6) is 0.0543. The van der Waals surface area contributed by atoms with Gasteiger partial charge < -0.3 is 10.2 Å². The van der Waals surface area contributed by atoms with Crippen LogP contribution in [-0.2, 0) is 16.3 Å². The molecule has 0 fully saturated rings. The van der Waals surface area contributed by atoms with Crippen molar-refractivity contribution in [2.45, 2.75) is 24.6 Å². The third-order valence-corrected chi connectivity index (χ3v) is 4.14. The fourth-order valence-corrected chi connectivity index (χ4v) is 2.20. The van der Waals surface area contributed by atoms with Crippen LogP contribution in [0, 0.1) is 0 Å². The van der Waals surface area contributed by atoms with E-state index in [4.69, 9.17) is 10.2 Å². The molecule has 2 N–H and O–H groups in total. The maximum Gasteiger partial charge on any atom is 0.335 e. The number of sulfone groups is 1. The Morgan fingerprint density at radius 2 is 1.95 bits per heavy atom.